The number of nitrogens with zero attached hydrogens (tertiary/aromatic N) is 4. The van der Waals surface area contributed by atoms with Gasteiger partial charge in [-0.05, 0) is 12.1 Å². The third-order valence-corrected chi connectivity index (χ3v) is 5.41. The number of carbonyl (C=O) groups is 2. The Balaban J connectivity index is 0.000000301. The van der Waals surface area contributed by atoms with E-state index in [0.717, 1.165) is 39.1 Å². The molecule has 16 heteroatoms. The minimum atomic E-state index is -5.08. The maximum atomic E-state index is 13.3. The molecular formula is C22H25F7N4O5. The van der Waals surface area contributed by atoms with Crippen molar-refractivity contribution in [2.24, 2.45) is 7.05 Å². The van der Waals surface area contributed by atoms with Crippen molar-refractivity contribution in [3.8, 4) is 5.75 Å². The highest BCUT2D eigenvalue weighted by molar-refractivity contribution is 5.73. The number of piperazine rings is 1. The third-order valence-electron chi connectivity index (χ3n) is 5.41. The molecule has 1 aromatic carbocycles. The molecule has 0 aliphatic carbocycles. The van der Waals surface area contributed by atoms with E-state index in [1.165, 1.54) is 17.7 Å². The topological polar surface area (TPSA) is 108 Å². The molecule has 0 unspecified atom stereocenters. The molecule has 2 aliphatic rings. The van der Waals surface area contributed by atoms with Gasteiger partial charge in [0.05, 0.1) is 6.20 Å². The van der Waals surface area contributed by atoms with E-state index in [1.807, 2.05) is 24.0 Å². The molecule has 0 radical (unpaired) electrons. The molecule has 38 heavy (non-hydrogen) atoms. The Morgan fingerprint density at radius 1 is 1.05 bits per heavy atom. The van der Waals surface area contributed by atoms with E-state index in [0.29, 0.717) is 11.8 Å². The number of hydrogen-bond donors (Lipinski definition) is 2. The van der Waals surface area contributed by atoms with Crippen molar-refractivity contribution in [3.63, 3.8) is 0 Å². The lowest BCUT2D eigenvalue weighted by atomic mass is 10.1. The van der Waals surface area contributed by atoms with Gasteiger partial charge in [0.25, 0.3) is 0 Å². The fourth-order valence-corrected chi connectivity index (χ4v) is 3.83. The summed E-state index contributed by atoms with van der Waals surface area (Å²) in [5.41, 5.74) is 1.26. The standard InChI is InChI=1S/C18H23FN4O.2C2HF3O2/c1-21-10-14(9-20-21)11-22-5-6-23-13-18(8-16(23)12-22)24-17-4-2-3-15(19)7-17;2*3-2(4,5)1(6)7/h2-4,7,9-10,16,18H,5-6,8,11-13H2,1H3;2*(H,6,7)/t16-,18+;;/m0../s1. The Bertz CT molecular complexity index is 1050. The normalized spacial score (nSPS) is 19.9. The van der Waals surface area contributed by atoms with Crippen LogP contribution in [0.1, 0.15) is 12.0 Å². The minimum Gasteiger partial charge on any atom is -0.489 e. The molecular weight excluding hydrogens is 533 g/mol. The predicted molar refractivity (Wildman–Crippen MR) is 117 cm³/mol. The molecule has 0 spiro atoms. The molecule has 9 nitrogen and oxygen atoms in total. The summed E-state index contributed by atoms with van der Waals surface area (Å²) >= 11 is 0. The van der Waals surface area contributed by atoms with Gasteiger partial charge in [0.15, 0.2) is 0 Å². The molecule has 1 aromatic heterocycles. The fraction of sp³-hybridized carbons (Fsp3) is 0.500. The number of aryl methyl sites for hydroxylation is 1. The highest BCUT2D eigenvalue weighted by Gasteiger charge is 2.39. The number of carboxylic acids is 2. The van der Waals surface area contributed by atoms with Crippen LogP contribution in [0.3, 0.4) is 0 Å². The predicted octanol–water partition coefficient (Wildman–Crippen LogP) is 3.16. The van der Waals surface area contributed by atoms with Gasteiger partial charge < -0.3 is 14.9 Å². The zero-order valence-electron chi connectivity index (χ0n) is 19.9. The number of ether oxygens (including phenoxy) is 1. The molecule has 2 aromatic rings. The van der Waals surface area contributed by atoms with Crippen molar-refractivity contribution < 1.29 is 55.3 Å². The van der Waals surface area contributed by atoms with Crippen molar-refractivity contribution in [2.45, 2.75) is 37.5 Å². The zero-order valence-corrected chi connectivity index (χ0v) is 19.9. The Hall–Kier alpha value is -3.40. The zero-order chi connectivity index (χ0) is 28.7. The number of rotatable bonds is 4. The largest absolute Gasteiger partial charge is 0.490 e. The van der Waals surface area contributed by atoms with E-state index in [1.54, 1.807) is 6.07 Å². The molecule has 2 aliphatic heterocycles. The summed E-state index contributed by atoms with van der Waals surface area (Å²) in [7, 11) is 1.95. The van der Waals surface area contributed by atoms with Crippen LogP contribution in [-0.4, -0.2) is 92.4 Å². The number of benzene rings is 1. The van der Waals surface area contributed by atoms with Gasteiger partial charge in [-0.25, -0.2) is 14.0 Å². The van der Waals surface area contributed by atoms with Gasteiger partial charge in [0, 0.05) is 70.1 Å². The molecule has 0 amide bonds. The fourth-order valence-electron chi connectivity index (χ4n) is 3.83. The number of alkyl halides is 6. The number of fused-ring (bicyclic) bond motifs is 1. The molecule has 3 heterocycles. The van der Waals surface area contributed by atoms with Gasteiger partial charge in [0.1, 0.15) is 17.7 Å². The van der Waals surface area contributed by atoms with Crippen LogP contribution in [0.5, 0.6) is 5.75 Å². The number of aromatic nitrogens is 2. The van der Waals surface area contributed by atoms with Crippen molar-refractivity contribution in [3.05, 3.63) is 48.0 Å². The highest BCUT2D eigenvalue weighted by Crippen LogP contribution is 2.26. The number of aliphatic carboxylic acids is 2. The number of hydrogen-bond acceptors (Lipinski definition) is 6. The highest BCUT2D eigenvalue weighted by atomic mass is 19.4. The number of carboxylic acid groups (broad SMARTS) is 2. The lowest BCUT2D eigenvalue weighted by Crippen LogP contribution is -2.49. The van der Waals surface area contributed by atoms with Gasteiger partial charge in [-0.15, -0.1) is 0 Å². The molecule has 2 saturated heterocycles. The van der Waals surface area contributed by atoms with E-state index in [9.17, 15) is 30.7 Å². The van der Waals surface area contributed by atoms with Gasteiger partial charge in [-0.2, -0.15) is 31.4 Å². The summed E-state index contributed by atoms with van der Waals surface area (Å²) in [5, 5.41) is 18.5. The van der Waals surface area contributed by atoms with Gasteiger partial charge in [-0.3, -0.25) is 14.5 Å². The second-order valence-electron chi connectivity index (χ2n) is 8.44. The smallest absolute Gasteiger partial charge is 0.489 e. The van der Waals surface area contributed by atoms with Gasteiger partial charge >= 0.3 is 24.3 Å². The van der Waals surface area contributed by atoms with E-state index in [2.05, 4.69) is 21.1 Å². The maximum absolute atomic E-state index is 13.3. The molecule has 2 atom stereocenters. The molecule has 2 N–H and O–H groups in total. The summed E-state index contributed by atoms with van der Waals surface area (Å²) in [6.07, 6.45) is -5.00. The molecule has 2 fully saturated rings. The quantitative estimate of drug-likeness (QED) is 0.552. The molecule has 4 rings (SSSR count). The second-order valence-corrected chi connectivity index (χ2v) is 8.44. The Morgan fingerprint density at radius 2 is 1.66 bits per heavy atom. The maximum Gasteiger partial charge on any atom is 0.490 e. The summed E-state index contributed by atoms with van der Waals surface area (Å²) < 4.78 is 84.6. The number of halogens is 7. The van der Waals surface area contributed by atoms with Crippen LogP contribution < -0.4 is 4.74 Å². The molecule has 0 saturated carbocycles. The third kappa shape index (κ3) is 10.2. The van der Waals surface area contributed by atoms with Crippen LogP contribution in [0.2, 0.25) is 0 Å². The molecule has 0 bridgehead atoms. The first-order valence-electron chi connectivity index (χ1n) is 11.0. The monoisotopic (exact) mass is 558 g/mol. The lowest BCUT2D eigenvalue weighted by Gasteiger charge is -2.36. The van der Waals surface area contributed by atoms with Crippen LogP contribution in [0, 0.1) is 5.82 Å². The Labute approximate surface area is 212 Å². The van der Waals surface area contributed by atoms with Crippen molar-refractivity contribution in [1.29, 1.82) is 0 Å². The first-order valence-corrected chi connectivity index (χ1v) is 11.0. The minimum absolute atomic E-state index is 0.148. The Kier molecular flexibility index (Phi) is 10.5. The van der Waals surface area contributed by atoms with Gasteiger partial charge in [-0.1, -0.05) is 6.07 Å². The first-order chi connectivity index (χ1) is 17.5. The Morgan fingerprint density at radius 3 is 2.16 bits per heavy atom. The second kappa shape index (κ2) is 12.9. The summed E-state index contributed by atoms with van der Waals surface area (Å²) in [4.78, 5) is 22.8. The average Bonchev–Trinajstić information content (AvgIpc) is 3.38. The van der Waals surface area contributed by atoms with Crippen molar-refractivity contribution >= 4 is 11.9 Å². The van der Waals surface area contributed by atoms with E-state index >= 15 is 0 Å². The lowest BCUT2D eigenvalue weighted by molar-refractivity contribution is -0.193. The summed E-state index contributed by atoms with van der Waals surface area (Å²) in [6.45, 7) is 5.07. The summed E-state index contributed by atoms with van der Waals surface area (Å²) in [6, 6.07) is 6.96. The SMILES string of the molecule is Cn1cc(CN2CCN3C[C@H](Oc4cccc(F)c4)C[C@H]3C2)cn1.O=C(O)C(F)(F)F.O=C(O)C(F)(F)F. The van der Waals surface area contributed by atoms with E-state index in [-0.39, 0.29) is 11.9 Å². The molecule has 212 valence electrons. The first kappa shape index (κ1) is 30.8. The van der Waals surface area contributed by atoms with Crippen LogP contribution in [0.15, 0.2) is 36.7 Å². The van der Waals surface area contributed by atoms with Crippen molar-refractivity contribution in [2.75, 3.05) is 26.2 Å². The van der Waals surface area contributed by atoms with Crippen LogP contribution >= 0.6 is 0 Å². The van der Waals surface area contributed by atoms with E-state index < -0.39 is 24.3 Å². The van der Waals surface area contributed by atoms with E-state index in [4.69, 9.17) is 24.5 Å². The van der Waals surface area contributed by atoms with Crippen LogP contribution in [0.4, 0.5) is 30.7 Å². The van der Waals surface area contributed by atoms with Gasteiger partial charge in [0.2, 0.25) is 0 Å². The summed E-state index contributed by atoms with van der Waals surface area (Å²) in [5.74, 6) is -5.13. The van der Waals surface area contributed by atoms with Crippen LogP contribution in [0.25, 0.3) is 0 Å². The van der Waals surface area contributed by atoms with Crippen LogP contribution in [-0.2, 0) is 23.2 Å². The average molecular weight is 558 g/mol. The van der Waals surface area contributed by atoms with Crippen molar-refractivity contribution in [1.82, 2.24) is 19.6 Å².